The number of rotatable bonds is 3. The Balaban J connectivity index is 1.64. The summed E-state index contributed by atoms with van der Waals surface area (Å²) in [6.45, 7) is 11.9. The maximum absolute atomic E-state index is 13.4. The van der Waals surface area contributed by atoms with Crippen molar-refractivity contribution in [1.82, 2.24) is 9.88 Å². The molecule has 1 aliphatic heterocycles. The predicted octanol–water partition coefficient (Wildman–Crippen LogP) is 6.64. The second-order valence-corrected chi connectivity index (χ2v) is 11.1. The first-order valence-corrected chi connectivity index (χ1v) is 12.4. The largest absolute Gasteiger partial charge is 0.444 e. The molecule has 1 aromatic heterocycles. The van der Waals surface area contributed by atoms with Crippen LogP contribution in [0.2, 0.25) is 0 Å². The van der Waals surface area contributed by atoms with E-state index >= 15 is 0 Å². The Morgan fingerprint density at radius 1 is 0.917 bits per heavy atom. The van der Waals surface area contributed by atoms with Crippen LogP contribution in [0.3, 0.4) is 0 Å². The third kappa shape index (κ3) is 5.98. The average molecular weight is 494 g/mol. The summed E-state index contributed by atoms with van der Waals surface area (Å²) in [6, 6.07) is 15.6. The Kier molecular flexibility index (Phi) is 6.98. The van der Waals surface area contributed by atoms with Crippen LogP contribution < -0.4 is 4.90 Å². The lowest BCUT2D eigenvalue weighted by molar-refractivity contribution is 0.0199. The molecule has 0 saturated carbocycles. The molecule has 0 radical (unpaired) electrons. The smallest absolute Gasteiger partial charge is 0.418 e. The quantitative estimate of drug-likeness (QED) is 0.407. The molecule has 2 aromatic carbocycles. The molecule has 36 heavy (non-hydrogen) atoms. The number of oxazole rings is 1. The van der Waals surface area contributed by atoms with Crippen LogP contribution >= 0.6 is 0 Å². The van der Waals surface area contributed by atoms with E-state index in [9.17, 15) is 9.59 Å². The van der Waals surface area contributed by atoms with Crippen molar-refractivity contribution >= 4 is 29.3 Å². The van der Waals surface area contributed by atoms with Gasteiger partial charge in [-0.15, -0.1) is 0 Å². The normalized spacial score (nSPS) is 15.1. The van der Waals surface area contributed by atoms with Gasteiger partial charge in [-0.1, -0.05) is 42.5 Å². The predicted molar refractivity (Wildman–Crippen MR) is 139 cm³/mol. The fourth-order valence-corrected chi connectivity index (χ4v) is 4.21. The topological polar surface area (TPSA) is 85.1 Å². The van der Waals surface area contributed by atoms with Crippen LogP contribution in [0.25, 0.3) is 22.2 Å². The Hall–Kier alpha value is -3.55. The Morgan fingerprint density at radius 3 is 2.17 bits per heavy atom. The minimum Gasteiger partial charge on any atom is -0.444 e. The minimum atomic E-state index is -0.687. The summed E-state index contributed by atoms with van der Waals surface area (Å²) in [6.07, 6.45) is 0.219. The van der Waals surface area contributed by atoms with Gasteiger partial charge in [0.05, 0.1) is 0 Å². The number of hydrogen-bond acceptors (Lipinski definition) is 6. The SMILES string of the molecule is CC(C)(C)OC(=O)N1CCC(N(C(=O)OC(C)(C)C)c2nc3cccc(-c4ccccc4)c3o2)CC1. The number of benzene rings is 2. The van der Waals surface area contributed by atoms with E-state index in [0.29, 0.717) is 37.0 Å². The van der Waals surface area contributed by atoms with Gasteiger partial charge in [0.25, 0.3) is 0 Å². The average Bonchev–Trinajstić information content (AvgIpc) is 3.21. The molecule has 2 amide bonds. The highest BCUT2D eigenvalue weighted by atomic mass is 16.6. The van der Waals surface area contributed by atoms with Crippen molar-refractivity contribution in [3.8, 4) is 11.1 Å². The zero-order valence-electron chi connectivity index (χ0n) is 21.9. The first-order chi connectivity index (χ1) is 16.9. The van der Waals surface area contributed by atoms with Crippen molar-refractivity contribution in [2.45, 2.75) is 71.6 Å². The molecule has 8 nitrogen and oxygen atoms in total. The number of carbonyl (C=O) groups is 2. The van der Waals surface area contributed by atoms with Crippen molar-refractivity contribution in [2.24, 2.45) is 0 Å². The van der Waals surface area contributed by atoms with E-state index in [4.69, 9.17) is 13.9 Å². The summed E-state index contributed by atoms with van der Waals surface area (Å²) >= 11 is 0. The van der Waals surface area contributed by atoms with E-state index in [2.05, 4.69) is 4.98 Å². The number of anilines is 1. The second kappa shape index (κ2) is 9.84. The van der Waals surface area contributed by atoms with Crippen molar-refractivity contribution in [2.75, 3.05) is 18.0 Å². The lowest BCUT2D eigenvalue weighted by Gasteiger charge is -2.37. The summed E-state index contributed by atoms with van der Waals surface area (Å²) in [7, 11) is 0. The Bertz CT molecular complexity index is 1220. The standard InChI is InChI=1S/C28H35N3O5/c1-27(2,3)35-25(32)30-17-15-20(16-18-30)31(26(33)36-28(4,5)6)24-29-22-14-10-13-21(23(22)34-24)19-11-8-7-9-12-19/h7-14,20H,15-18H2,1-6H3. The number of likely N-dealkylation sites (tertiary alicyclic amines) is 1. The highest BCUT2D eigenvalue weighted by molar-refractivity contribution is 5.93. The summed E-state index contributed by atoms with van der Waals surface area (Å²) in [4.78, 5) is 33.8. The molecule has 0 atom stereocenters. The van der Waals surface area contributed by atoms with Gasteiger partial charge in [-0.25, -0.2) is 14.5 Å². The molecule has 2 heterocycles. The summed E-state index contributed by atoms with van der Waals surface area (Å²) < 4.78 is 17.5. The van der Waals surface area contributed by atoms with Crippen LogP contribution in [-0.2, 0) is 9.47 Å². The number of amides is 2. The minimum absolute atomic E-state index is 0.193. The van der Waals surface area contributed by atoms with Crippen molar-refractivity contribution in [3.05, 3.63) is 48.5 Å². The van der Waals surface area contributed by atoms with Crippen LogP contribution in [0.4, 0.5) is 15.6 Å². The fourth-order valence-electron chi connectivity index (χ4n) is 4.21. The molecule has 4 rings (SSSR count). The van der Waals surface area contributed by atoms with E-state index in [-0.39, 0.29) is 18.1 Å². The van der Waals surface area contributed by atoms with Gasteiger partial charge in [0.1, 0.15) is 16.7 Å². The molecule has 0 N–H and O–H groups in total. The molecule has 0 unspecified atom stereocenters. The van der Waals surface area contributed by atoms with Crippen LogP contribution in [0, 0.1) is 0 Å². The van der Waals surface area contributed by atoms with Crippen molar-refractivity contribution < 1.29 is 23.5 Å². The molecular formula is C28H35N3O5. The lowest BCUT2D eigenvalue weighted by Crippen LogP contribution is -2.51. The Labute approximate surface area is 212 Å². The maximum atomic E-state index is 13.4. The van der Waals surface area contributed by atoms with Gasteiger partial charge >= 0.3 is 18.2 Å². The summed E-state index contributed by atoms with van der Waals surface area (Å²) in [5.41, 5.74) is 1.92. The number of nitrogens with zero attached hydrogens (tertiary/aromatic N) is 3. The number of piperidine rings is 1. The molecule has 0 bridgehead atoms. The number of carbonyl (C=O) groups excluding carboxylic acids is 2. The Morgan fingerprint density at radius 2 is 1.56 bits per heavy atom. The van der Waals surface area contributed by atoms with Gasteiger partial charge in [-0.05, 0) is 66.0 Å². The number of ether oxygens (including phenoxy) is 2. The molecule has 3 aromatic rings. The third-order valence-corrected chi connectivity index (χ3v) is 5.77. The monoisotopic (exact) mass is 493 g/mol. The summed E-state index contributed by atoms with van der Waals surface area (Å²) in [5, 5.41) is 0. The molecule has 1 saturated heterocycles. The van der Waals surface area contributed by atoms with Crippen LogP contribution in [0.5, 0.6) is 0 Å². The highest BCUT2D eigenvalue weighted by Crippen LogP contribution is 2.34. The number of aromatic nitrogens is 1. The zero-order chi connectivity index (χ0) is 26.1. The highest BCUT2D eigenvalue weighted by Gasteiger charge is 2.37. The van der Waals surface area contributed by atoms with E-state index in [1.807, 2.05) is 90.1 Å². The van der Waals surface area contributed by atoms with E-state index in [1.165, 1.54) is 4.90 Å². The lowest BCUT2D eigenvalue weighted by atomic mass is 10.0. The van der Waals surface area contributed by atoms with Gasteiger partial charge in [0.2, 0.25) is 0 Å². The van der Waals surface area contributed by atoms with Gasteiger partial charge in [0.15, 0.2) is 5.58 Å². The number of hydrogen-bond donors (Lipinski definition) is 0. The van der Waals surface area contributed by atoms with Gasteiger partial charge in [0, 0.05) is 24.7 Å². The maximum Gasteiger partial charge on any atom is 0.418 e. The molecule has 1 fully saturated rings. The molecule has 8 heteroatoms. The molecule has 0 aliphatic carbocycles. The second-order valence-electron chi connectivity index (χ2n) is 11.1. The van der Waals surface area contributed by atoms with Crippen LogP contribution in [0.1, 0.15) is 54.4 Å². The zero-order valence-corrected chi connectivity index (χ0v) is 21.9. The third-order valence-electron chi connectivity index (χ3n) is 5.77. The molecular weight excluding hydrogens is 458 g/mol. The fraction of sp³-hybridized carbons (Fsp3) is 0.464. The van der Waals surface area contributed by atoms with Crippen molar-refractivity contribution in [1.29, 1.82) is 0 Å². The van der Waals surface area contributed by atoms with Gasteiger partial charge in [-0.2, -0.15) is 4.98 Å². The van der Waals surface area contributed by atoms with E-state index in [0.717, 1.165) is 11.1 Å². The molecule has 0 spiro atoms. The summed E-state index contributed by atoms with van der Waals surface area (Å²) in [5.74, 6) is 0. The first kappa shape index (κ1) is 25.5. The van der Waals surface area contributed by atoms with E-state index in [1.54, 1.807) is 4.90 Å². The number of fused-ring (bicyclic) bond motifs is 1. The molecule has 192 valence electrons. The molecule has 1 aliphatic rings. The van der Waals surface area contributed by atoms with Crippen LogP contribution in [-0.4, -0.2) is 52.4 Å². The number of para-hydroxylation sites is 1. The van der Waals surface area contributed by atoms with E-state index < -0.39 is 17.3 Å². The van der Waals surface area contributed by atoms with Crippen LogP contribution in [0.15, 0.2) is 52.9 Å². The van der Waals surface area contributed by atoms with Gasteiger partial charge in [-0.3, -0.25) is 0 Å². The van der Waals surface area contributed by atoms with Crippen molar-refractivity contribution in [3.63, 3.8) is 0 Å². The van der Waals surface area contributed by atoms with Gasteiger partial charge < -0.3 is 18.8 Å². The first-order valence-electron chi connectivity index (χ1n) is 12.4.